The van der Waals surface area contributed by atoms with Gasteiger partial charge in [0.1, 0.15) is 4.60 Å². The van der Waals surface area contributed by atoms with E-state index in [4.69, 9.17) is 0 Å². The smallest absolute Gasteiger partial charge is 0.131 e. The monoisotopic (exact) mass is 308 g/mol. The van der Waals surface area contributed by atoms with Crippen molar-refractivity contribution in [1.82, 2.24) is 19.6 Å². The molecule has 0 N–H and O–H groups in total. The molecule has 0 atom stereocenters. The minimum atomic E-state index is 0.868. The van der Waals surface area contributed by atoms with Crippen LogP contribution in [0.2, 0.25) is 0 Å². The molecule has 0 saturated heterocycles. The van der Waals surface area contributed by atoms with Crippen LogP contribution in [0, 0.1) is 5.92 Å². The van der Waals surface area contributed by atoms with Gasteiger partial charge in [-0.1, -0.05) is 0 Å². The van der Waals surface area contributed by atoms with Crippen LogP contribution < -0.4 is 0 Å². The van der Waals surface area contributed by atoms with Crippen molar-refractivity contribution in [2.24, 2.45) is 5.92 Å². The minimum absolute atomic E-state index is 0.868. The van der Waals surface area contributed by atoms with Crippen molar-refractivity contribution in [3.63, 3.8) is 0 Å². The quantitative estimate of drug-likeness (QED) is 0.851. The first-order valence-corrected chi connectivity index (χ1v) is 7.27. The molecule has 0 aromatic carbocycles. The Morgan fingerprint density at radius 3 is 2.83 bits per heavy atom. The third-order valence-corrected chi connectivity index (χ3v) is 4.00. The highest BCUT2D eigenvalue weighted by Crippen LogP contribution is 2.30. The molecule has 2 aromatic heterocycles. The van der Waals surface area contributed by atoms with Crippen molar-refractivity contribution in [3.8, 4) is 0 Å². The maximum absolute atomic E-state index is 4.42. The average Bonchev–Trinajstić information content (AvgIpc) is 2.94. The van der Waals surface area contributed by atoms with E-state index in [-0.39, 0.29) is 0 Å². The summed E-state index contributed by atoms with van der Waals surface area (Å²) in [6.07, 6.45) is 9.85. The third-order valence-electron chi connectivity index (χ3n) is 3.33. The van der Waals surface area contributed by atoms with Crippen LogP contribution in [-0.4, -0.2) is 19.6 Å². The highest BCUT2D eigenvalue weighted by Gasteiger charge is 2.22. The van der Waals surface area contributed by atoms with Crippen LogP contribution in [0.15, 0.2) is 23.2 Å². The predicted octanol–water partition coefficient (Wildman–Crippen LogP) is 2.86. The van der Waals surface area contributed by atoms with Crippen LogP contribution in [-0.2, 0) is 19.5 Å². The van der Waals surface area contributed by atoms with Gasteiger partial charge in [0.2, 0.25) is 0 Å². The van der Waals surface area contributed by atoms with Gasteiger partial charge in [-0.15, -0.1) is 0 Å². The van der Waals surface area contributed by atoms with Gasteiger partial charge in [-0.05, 0) is 47.2 Å². The van der Waals surface area contributed by atoms with Gasteiger partial charge in [0, 0.05) is 37.5 Å². The molecule has 96 valence electrons. The summed E-state index contributed by atoms with van der Waals surface area (Å²) in [5.74, 6) is 0.868. The molecule has 4 nitrogen and oxygen atoms in total. The van der Waals surface area contributed by atoms with Crippen molar-refractivity contribution in [3.05, 3.63) is 34.3 Å². The molecule has 2 heterocycles. The molecular weight excluding hydrogens is 292 g/mol. The number of hydrogen-bond donors (Lipinski definition) is 0. The van der Waals surface area contributed by atoms with Gasteiger partial charge in [0.15, 0.2) is 0 Å². The Hall–Kier alpha value is -1.10. The Kier molecular flexibility index (Phi) is 3.24. The molecule has 18 heavy (non-hydrogen) atoms. The lowest BCUT2D eigenvalue weighted by molar-refractivity contribution is 0.563. The molecule has 5 heteroatoms. The van der Waals surface area contributed by atoms with Gasteiger partial charge >= 0.3 is 0 Å². The topological polar surface area (TPSA) is 35.6 Å². The van der Waals surface area contributed by atoms with Gasteiger partial charge in [0.25, 0.3) is 0 Å². The van der Waals surface area contributed by atoms with Gasteiger partial charge in [-0.2, -0.15) is 10.2 Å². The lowest BCUT2D eigenvalue weighted by atomic mass is 10.2. The lowest BCUT2D eigenvalue weighted by Gasteiger charge is -1.97. The van der Waals surface area contributed by atoms with E-state index in [1.807, 2.05) is 10.9 Å². The fraction of sp³-hybridized carbons (Fsp3) is 0.538. The molecule has 1 aliphatic carbocycles. The zero-order chi connectivity index (χ0) is 12.5. The standard InChI is InChI=1S/C13H17BrN4/c1-2-17-9-12(13(14)16-17)5-11-6-15-18(8-11)7-10-3-4-10/h6,8-10H,2-5,7H2,1H3. The summed E-state index contributed by atoms with van der Waals surface area (Å²) in [5.41, 5.74) is 2.48. The van der Waals surface area contributed by atoms with Crippen molar-refractivity contribution >= 4 is 15.9 Å². The summed E-state index contributed by atoms with van der Waals surface area (Å²) in [5, 5.41) is 8.82. The molecule has 1 saturated carbocycles. The number of aromatic nitrogens is 4. The van der Waals surface area contributed by atoms with E-state index in [0.29, 0.717) is 0 Å². The molecule has 2 aromatic rings. The van der Waals surface area contributed by atoms with Crippen molar-refractivity contribution < 1.29 is 0 Å². The lowest BCUT2D eigenvalue weighted by Crippen LogP contribution is -1.99. The fourth-order valence-corrected chi connectivity index (χ4v) is 2.55. The summed E-state index contributed by atoms with van der Waals surface area (Å²) in [4.78, 5) is 0. The normalized spacial score (nSPS) is 15.2. The first-order valence-electron chi connectivity index (χ1n) is 6.47. The van der Waals surface area contributed by atoms with Crippen LogP contribution in [0.3, 0.4) is 0 Å². The van der Waals surface area contributed by atoms with Crippen LogP contribution in [0.1, 0.15) is 30.9 Å². The molecule has 0 amide bonds. The van der Waals surface area contributed by atoms with Crippen LogP contribution >= 0.6 is 15.9 Å². The van der Waals surface area contributed by atoms with E-state index in [1.54, 1.807) is 0 Å². The largest absolute Gasteiger partial charge is 0.272 e. The summed E-state index contributed by atoms with van der Waals surface area (Å²) < 4.78 is 4.97. The maximum atomic E-state index is 4.42. The maximum Gasteiger partial charge on any atom is 0.131 e. The summed E-state index contributed by atoms with van der Waals surface area (Å²) in [7, 11) is 0. The second-order valence-corrected chi connectivity index (χ2v) is 5.74. The van der Waals surface area contributed by atoms with Gasteiger partial charge in [-0.25, -0.2) is 0 Å². The molecule has 0 unspecified atom stereocenters. The first kappa shape index (κ1) is 12.0. The zero-order valence-corrected chi connectivity index (χ0v) is 12.1. The number of halogens is 1. The Bertz CT molecular complexity index is 539. The highest BCUT2D eigenvalue weighted by molar-refractivity contribution is 9.10. The van der Waals surface area contributed by atoms with Crippen molar-refractivity contribution in [2.45, 2.75) is 39.3 Å². The fourth-order valence-electron chi connectivity index (χ4n) is 2.10. The van der Waals surface area contributed by atoms with Crippen molar-refractivity contribution in [2.75, 3.05) is 0 Å². The Morgan fingerprint density at radius 2 is 2.17 bits per heavy atom. The molecule has 0 bridgehead atoms. The van der Waals surface area contributed by atoms with E-state index in [9.17, 15) is 0 Å². The summed E-state index contributed by atoms with van der Waals surface area (Å²) in [6.45, 7) is 4.08. The SMILES string of the molecule is CCn1cc(Cc2cnn(CC3CC3)c2)c(Br)n1. The predicted molar refractivity (Wildman–Crippen MR) is 73.4 cm³/mol. The summed E-state index contributed by atoms with van der Waals surface area (Å²) in [6, 6.07) is 0. The number of nitrogens with zero attached hydrogens (tertiary/aromatic N) is 4. The van der Waals surface area contributed by atoms with Gasteiger partial charge < -0.3 is 0 Å². The van der Waals surface area contributed by atoms with Gasteiger partial charge in [0.05, 0.1) is 6.20 Å². The molecule has 0 radical (unpaired) electrons. The number of rotatable bonds is 5. The minimum Gasteiger partial charge on any atom is -0.272 e. The molecule has 0 spiro atoms. The van der Waals surface area contributed by atoms with Crippen LogP contribution in [0.5, 0.6) is 0 Å². The molecule has 1 fully saturated rings. The molecule has 3 rings (SSSR count). The second kappa shape index (κ2) is 4.88. The van der Waals surface area contributed by atoms with Crippen LogP contribution in [0.25, 0.3) is 0 Å². The molecule has 1 aliphatic rings. The van der Waals surface area contributed by atoms with E-state index < -0.39 is 0 Å². The van der Waals surface area contributed by atoms with E-state index in [2.05, 4.69) is 50.1 Å². The van der Waals surface area contributed by atoms with Crippen LogP contribution in [0.4, 0.5) is 0 Å². The first-order chi connectivity index (χ1) is 8.74. The second-order valence-electron chi connectivity index (χ2n) is 4.99. The zero-order valence-electron chi connectivity index (χ0n) is 10.5. The summed E-state index contributed by atoms with van der Waals surface area (Å²) >= 11 is 3.51. The Balaban J connectivity index is 1.70. The number of aryl methyl sites for hydroxylation is 1. The van der Waals surface area contributed by atoms with Gasteiger partial charge in [-0.3, -0.25) is 9.36 Å². The Morgan fingerprint density at radius 1 is 1.33 bits per heavy atom. The van der Waals surface area contributed by atoms with E-state index in [1.165, 1.54) is 24.0 Å². The van der Waals surface area contributed by atoms with E-state index >= 15 is 0 Å². The average molecular weight is 309 g/mol. The molecule has 0 aliphatic heterocycles. The molecular formula is C13H17BrN4. The third kappa shape index (κ3) is 2.66. The van der Waals surface area contributed by atoms with Crippen molar-refractivity contribution in [1.29, 1.82) is 0 Å². The highest BCUT2D eigenvalue weighted by atomic mass is 79.9. The van der Waals surface area contributed by atoms with E-state index in [0.717, 1.165) is 30.0 Å². The number of hydrogen-bond acceptors (Lipinski definition) is 2. The Labute approximate surface area is 115 Å².